The molecule has 2 N–H and O–H groups in total. The highest BCUT2D eigenvalue weighted by Gasteiger charge is 2.21. The van der Waals surface area contributed by atoms with Crippen LogP contribution < -0.4 is 5.32 Å². The van der Waals surface area contributed by atoms with E-state index in [2.05, 4.69) is 10.3 Å². The summed E-state index contributed by atoms with van der Waals surface area (Å²) in [6.07, 6.45) is 3.79. The average Bonchev–Trinajstić information content (AvgIpc) is 3.24. The van der Waals surface area contributed by atoms with E-state index in [1.165, 1.54) is 11.3 Å². The molecule has 0 radical (unpaired) electrons. The molecule has 0 unspecified atom stereocenters. The number of thiazole rings is 1. The van der Waals surface area contributed by atoms with Gasteiger partial charge >= 0.3 is 0 Å². The molecule has 118 valence electrons. The molecule has 1 amide bonds. The molecule has 0 aliphatic heterocycles. The Morgan fingerprint density at radius 2 is 1.96 bits per heavy atom. The minimum Gasteiger partial charge on any atom is -0.394 e. The monoisotopic (exact) mass is 327 g/mol. The van der Waals surface area contributed by atoms with E-state index in [0.717, 1.165) is 10.7 Å². The second-order valence-corrected chi connectivity index (χ2v) is 6.17. The van der Waals surface area contributed by atoms with E-state index < -0.39 is 0 Å². The normalized spacial score (nSPS) is 12.1. The third-order valence-electron chi connectivity index (χ3n) is 3.35. The lowest BCUT2D eigenvalue weighted by Crippen LogP contribution is -2.34. The zero-order valence-electron chi connectivity index (χ0n) is 12.6. The molecule has 0 saturated heterocycles. The van der Waals surface area contributed by atoms with Crippen molar-refractivity contribution in [2.24, 2.45) is 0 Å². The van der Waals surface area contributed by atoms with E-state index in [1.807, 2.05) is 59.4 Å². The molecule has 5 nitrogen and oxygen atoms in total. The number of carbonyl (C=O) groups excluding carboxylic acids is 1. The van der Waals surface area contributed by atoms with Crippen molar-refractivity contribution in [3.05, 3.63) is 59.7 Å². The zero-order chi connectivity index (χ0) is 16.2. The number of hydrogen-bond acceptors (Lipinski definition) is 4. The van der Waals surface area contributed by atoms with Gasteiger partial charge in [-0.3, -0.25) is 4.79 Å². The summed E-state index contributed by atoms with van der Waals surface area (Å²) in [5.41, 5.74) is 1.55. The molecule has 3 aromatic rings. The fraction of sp³-hybridized carbons (Fsp3) is 0.176. The van der Waals surface area contributed by atoms with Crippen molar-refractivity contribution in [1.82, 2.24) is 14.9 Å². The van der Waals surface area contributed by atoms with Crippen LogP contribution in [-0.4, -0.2) is 33.2 Å². The first-order chi connectivity index (χ1) is 11.2. The number of aliphatic hydroxyl groups is 1. The summed E-state index contributed by atoms with van der Waals surface area (Å²) in [5, 5.41) is 12.7. The summed E-state index contributed by atoms with van der Waals surface area (Å²) in [6, 6.07) is 13.2. The van der Waals surface area contributed by atoms with Crippen LogP contribution in [0.3, 0.4) is 0 Å². The van der Waals surface area contributed by atoms with Gasteiger partial charge in [-0.25, -0.2) is 4.98 Å². The molecular formula is C17H17N3O2S. The second-order valence-electron chi connectivity index (χ2n) is 5.19. The molecule has 0 fully saturated rings. The van der Waals surface area contributed by atoms with E-state index in [0.29, 0.717) is 10.6 Å². The van der Waals surface area contributed by atoms with Crippen molar-refractivity contribution in [3.8, 4) is 16.4 Å². The standard InChI is InChI=1S/C17H17N3O2S/c1-12(11-21)18-16(22)15-14(13-7-3-2-4-8-13)19-17(23-15)20-9-5-6-10-20/h2-10,12,21H,11H2,1H3,(H,18,22)/t12-/m0/s1. The van der Waals surface area contributed by atoms with Crippen molar-refractivity contribution < 1.29 is 9.90 Å². The maximum Gasteiger partial charge on any atom is 0.264 e. The quantitative estimate of drug-likeness (QED) is 0.757. The van der Waals surface area contributed by atoms with Crippen LogP contribution in [0.1, 0.15) is 16.6 Å². The van der Waals surface area contributed by atoms with Crippen LogP contribution in [0.15, 0.2) is 54.9 Å². The predicted octanol–water partition coefficient (Wildman–Crippen LogP) is 2.71. The zero-order valence-corrected chi connectivity index (χ0v) is 13.5. The largest absolute Gasteiger partial charge is 0.394 e. The van der Waals surface area contributed by atoms with E-state index in [4.69, 9.17) is 5.11 Å². The van der Waals surface area contributed by atoms with Crippen molar-refractivity contribution in [3.63, 3.8) is 0 Å². The molecule has 1 atom stereocenters. The Hall–Kier alpha value is -2.44. The molecule has 2 heterocycles. The van der Waals surface area contributed by atoms with Crippen LogP contribution in [0.25, 0.3) is 16.4 Å². The molecule has 3 rings (SSSR count). The van der Waals surface area contributed by atoms with Gasteiger partial charge in [0.2, 0.25) is 0 Å². The van der Waals surface area contributed by atoms with E-state index in [-0.39, 0.29) is 18.6 Å². The summed E-state index contributed by atoms with van der Waals surface area (Å²) in [5.74, 6) is -0.221. The van der Waals surface area contributed by atoms with Gasteiger partial charge in [-0.15, -0.1) is 0 Å². The summed E-state index contributed by atoms with van der Waals surface area (Å²) in [7, 11) is 0. The van der Waals surface area contributed by atoms with Gasteiger partial charge in [0.15, 0.2) is 5.13 Å². The number of rotatable bonds is 5. The van der Waals surface area contributed by atoms with Crippen LogP contribution in [0.5, 0.6) is 0 Å². The van der Waals surface area contributed by atoms with E-state index >= 15 is 0 Å². The Bertz CT molecular complexity index is 782. The highest BCUT2D eigenvalue weighted by atomic mass is 32.1. The summed E-state index contributed by atoms with van der Waals surface area (Å²) >= 11 is 1.33. The van der Waals surface area contributed by atoms with Crippen LogP contribution in [-0.2, 0) is 0 Å². The molecular weight excluding hydrogens is 310 g/mol. The Morgan fingerprint density at radius 3 is 2.61 bits per heavy atom. The molecule has 0 saturated carbocycles. The minimum absolute atomic E-state index is 0.102. The number of aromatic nitrogens is 2. The highest BCUT2D eigenvalue weighted by molar-refractivity contribution is 7.16. The Morgan fingerprint density at radius 1 is 1.26 bits per heavy atom. The number of amides is 1. The van der Waals surface area contributed by atoms with Crippen molar-refractivity contribution in [1.29, 1.82) is 0 Å². The highest BCUT2D eigenvalue weighted by Crippen LogP contribution is 2.30. The van der Waals surface area contributed by atoms with Crippen molar-refractivity contribution >= 4 is 17.2 Å². The third kappa shape index (κ3) is 3.33. The number of benzene rings is 1. The van der Waals surface area contributed by atoms with Gasteiger partial charge in [0, 0.05) is 24.0 Å². The van der Waals surface area contributed by atoms with E-state index in [1.54, 1.807) is 6.92 Å². The Balaban J connectivity index is 2.04. The first-order valence-electron chi connectivity index (χ1n) is 7.30. The first-order valence-corrected chi connectivity index (χ1v) is 8.12. The fourth-order valence-corrected chi connectivity index (χ4v) is 3.12. The van der Waals surface area contributed by atoms with E-state index in [9.17, 15) is 4.79 Å². The Kier molecular flexibility index (Phi) is 4.55. The maximum absolute atomic E-state index is 12.5. The number of aliphatic hydroxyl groups excluding tert-OH is 1. The van der Waals surface area contributed by atoms with Gasteiger partial charge in [-0.1, -0.05) is 41.7 Å². The lowest BCUT2D eigenvalue weighted by molar-refractivity contribution is 0.0927. The average molecular weight is 327 g/mol. The SMILES string of the molecule is C[C@@H](CO)NC(=O)c1sc(-n2cccc2)nc1-c1ccccc1. The van der Waals surface area contributed by atoms with Crippen molar-refractivity contribution in [2.75, 3.05) is 6.61 Å². The van der Waals surface area contributed by atoms with Gasteiger partial charge in [-0.05, 0) is 19.1 Å². The second kappa shape index (κ2) is 6.76. The van der Waals surface area contributed by atoms with Crippen molar-refractivity contribution in [2.45, 2.75) is 13.0 Å². The lowest BCUT2D eigenvalue weighted by atomic mass is 10.1. The first kappa shape index (κ1) is 15.5. The Labute approximate surface area is 138 Å². The number of nitrogens with one attached hydrogen (secondary N) is 1. The molecule has 0 aliphatic rings. The van der Waals surface area contributed by atoms with Crippen LogP contribution in [0.2, 0.25) is 0 Å². The molecule has 0 aliphatic carbocycles. The topological polar surface area (TPSA) is 67.2 Å². The van der Waals surface area contributed by atoms with Gasteiger partial charge in [-0.2, -0.15) is 0 Å². The number of nitrogens with zero attached hydrogens (tertiary/aromatic N) is 2. The number of carbonyl (C=O) groups is 1. The molecule has 1 aromatic carbocycles. The van der Waals surface area contributed by atoms with Crippen LogP contribution in [0, 0.1) is 0 Å². The smallest absolute Gasteiger partial charge is 0.264 e. The lowest BCUT2D eigenvalue weighted by Gasteiger charge is -2.10. The molecule has 0 spiro atoms. The van der Waals surface area contributed by atoms with Crippen LogP contribution in [0.4, 0.5) is 0 Å². The van der Waals surface area contributed by atoms with Gasteiger partial charge in [0.1, 0.15) is 4.88 Å². The van der Waals surface area contributed by atoms with Gasteiger partial charge < -0.3 is 15.0 Å². The molecule has 23 heavy (non-hydrogen) atoms. The fourth-order valence-electron chi connectivity index (χ4n) is 2.16. The summed E-state index contributed by atoms with van der Waals surface area (Å²) in [6.45, 7) is 1.66. The number of hydrogen-bond donors (Lipinski definition) is 2. The minimum atomic E-state index is -0.303. The summed E-state index contributed by atoms with van der Waals surface area (Å²) in [4.78, 5) is 17.7. The maximum atomic E-state index is 12.5. The summed E-state index contributed by atoms with van der Waals surface area (Å²) < 4.78 is 1.88. The third-order valence-corrected chi connectivity index (χ3v) is 4.41. The predicted molar refractivity (Wildman–Crippen MR) is 90.9 cm³/mol. The van der Waals surface area contributed by atoms with Gasteiger partial charge in [0.05, 0.1) is 12.3 Å². The molecule has 2 aromatic heterocycles. The molecule has 0 bridgehead atoms. The van der Waals surface area contributed by atoms with Gasteiger partial charge in [0.25, 0.3) is 5.91 Å². The molecule has 6 heteroatoms. The van der Waals surface area contributed by atoms with Crippen LogP contribution >= 0.6 is 11.3 Å².